The minimum Gasteiger partial charge on any atom is -0.465 e. The van der Waals surface area contributed by atoms with Gasteiger partial charge in [-0.05, 0) is 26.0 Å². The Balaban J connectivity index is 3.12. The summed E-state index contributed by atoms with van der Waals surface area (Å²) in [6, 6.07) is 5.54. The molecule has 4 heteroatoms. The number of hydrogen-bond acceptors (Lipinski definition) is 1. The molecule has 14 heavy (non-hydrogen) atoms. The van der Waals surface area contributed by atoms with Gasteiger partial charge in [0.2, 0.25) is 0 Å². The van der Waals surface area contributed by atoms with Crippen LogP contribution in [0.5, 0.6) is 0 Å². The van der Waals surface area contributed by atoms with Crippen LogP contribution in [-0.2, 0) is 0 Å². The molecule has 0 saturated heterocycles. The van der Waals surface area contributed by atoms with E-state index in [9.17, 15) is 9.18 Å². The lowest BCUT2D eigenvalue weighted by atomic mass is 10.2. The highest BCUT2D eigenvalue weighted by Gasteiger charge is 2.20. The van der Waals surface area contributed by atoms with Crippen molar-refractivity contribution in [2.24, 2.45) is 0 Å². The van der Waals surface area contributed by atoms with Gasteiger partial charge < -0.3 is 5.11 Å². The molecule has 0 unspecified atom stereocenters. The molecule has 1 amide bonds. The number of hydrogen-bond donors (Lipinski definition) is 1. The third-order valence-electron chi connectivity index (χ3n) is 1.83. The molecule has 0 aliphatic carbocycles. The maximum absolute atomic E-state index is 13.3. The molecule has 1 N–H and O–H groups in total. The molecule has 0 atom stereocenters. The monoisotopic (exact) mass is 197 g/mol. The Bertz CT molecular complexity index is 339. The largest absolute Gasteiger partial charge is 0.465 e. The van der Waals surface area contributed by atoms with Crippen molar-refractivity contribution in [2.75, 3.05) is 4.90 Å². The Hall–Kier alpha value is -1.58. The van der Waals surface area contributed by atoms with E-state index < -0.39 is 11.9 Å². The Morgan fingerprint density at radius 1 is 1.43 bits per heavy atom. The summed E-state index contributed by atoms with van der Waals surface area (Å²) in [5, 5.41) is 8.88. The molecule has 0 aromatic heterocycles. The number of para-hydroxylation sites is 1. The first kappa shape index (κ1) is 10.5. The molecule has 0 radical (unpaired) electrons. The molecule has 1 aromatic rings. The Labute approximate surface area is 81.8 Å². The van der Waals surface area contributed by atoms with E-state index in [1.54, 1.807) is 19.9 Å². The molecular formula is C10H12FNO2. The Morgan fingerprint density at radius 3 is 2.43 bits per heavy atom. The van der Waals surface area contributed by atoms with Crippen LogP contribution in [0.25, 0.3) is 0 Å². The van der Waals surface area contributed by atoms with Crippen molar-refractivity contribution in [1.82, 2.24) is 0 Å². The lowest BCUT2D eigenvalue weighted by Gasteiger charge is -2.23. The van der Waals surface area contributed by atoms with Crippen LogP contribution in [0, 0.1) is 5.82 Å². The number of anilines is 1. The molecule has 0 saturated carbocycles. The van der Waals surface area contributed by atoms with Crippen molar-refractivity contribution in [3.63, 3.8) is 0 Å². The summed E-state index contributed by atoms with van der Waals surface area (Å²) in [6.45, 7) is 3.39. The molecule has 0 aliphatic heterocycles. The van der Waals surface area contributed by atoms with Gasteiger partial charge in [-0.1, -0.05) is 12.1 Å². The second-order valence-corrected chi connectivity index (χ2v) is 3.20. The Kier molecular flexibility index (Phi) is 3.06. The zero-order chi connectivity index (χ0) is 10.7. The van der Waals surface area contributed by atoms with Gasteiger partial charge in [0.25, 0.3) is 0 Å². The first-order valence-electron chi connectivity index (χ1n) is 4.30. The van der Waals surface area contributed by atoms with Gasteiger partial charge in [-0.3, -0.25) is 4.90 Å². The van der Waals surface area contributed by atoms with Gasteiger partial charge in [0, 0.05) is 6.04 Å². The molecule has 0 bridgehead atoms. The van der Waals surface area contributed by atoms with Gasteiger partial charge in [0.15, 0.2) is 0 Å². The number of amides is 1. The summed E-state index contributed by atoms with van der Waals surface area (Å²) in [6.07, 6.45) is -1.15. The first-order chi connectivity index (χ1) is 6.54. The van der Waals surface area contributed by atoms with Gasteiger partial charge in [-0.2, -0.15) is 0 Å². The second-order valence-electron chi connectivity index (χ2n) is 3.20. The molecule has 0 aliphatic rings. The van der Waals surface area contributed by atoms with Gasteiger partial charge in [0.1, 0.15) is 5.82 Å². The average molecular weight is 197 g/mol. The second kappa shape index (κ2) is 4.09. The van der Waals surface area contributed by atoms with Crippen molar-refractivity contribution < 1.29 is 14.3 Å². The van der Waals surface area contributed by atoms with E-state index in [-0.39, 0.29) is 11.7 Å². The summed E-state index contributed by atoms with van der Waals surface area (Å²) >= 11 is 0. The van der Waals surface area contributed by atoms with Gasteiger partial charge in [-0.15, -0.1) is 0 Å². The standard InChI is InChI=1S/C10H12FNO2/c1-7(2)12(10(13)14)9-6-4-3-5-8(9)11/h3-7H,1-2H3,(H,13,14). The topological polar surface area (TPSA) is 40.5 Å². The van der Waals surface area contributed by atoms with Crippen LogP contribution in [0.3, 0.4) is 0 Å². The number of carbonyl (C=O) groups is 1. The number of benzene rings is 1. The van der Waals surface area contributed by atoms with Gasteiger partial charge in [-0.25, -0.2) is 9.18 Å². The highest BCUT2D eigenvalue weighted by atomic mass is 19.1. The van der Waals surface area contributed by atoms with Crippen molar-refractivity contribution >= 4 is 11.8 Å². The minimum absolute atomic E-state index is 0.0926. The highest BCUT2D eigenvalue weighted by Crippen LogP contribution is 2.20. The quantitative estimate of drug-likeness (QED) is 0.791. The lowest BCUT2D eigenvalue weighted by molar-refractivity contribution is 0.199. The molecule has 0 heterocycles. The van der Waals surface area contributed by atoms with Crippen LogP contribution in [0.15, 0.2) is 24.3 Å². The average Bonchev–Trinajstić information content (AvgIpc) is 2.07. The smallest absolute Gasteiger partial charge is 0.412 e. The van der Waals surface area contributed by atoms with Gasteiger partial charge in [0.05, 0.1) is 5.69 Å². The van der Waals surface area contributed by atoms with Crippen LogP contribution in [0.4, 0.5) is 14.9 Å². The Morgan fingerprint density at radius 2 is 2.00 bits per heavy atom. The zero-order valence-electron chi connectivity index (χ0n) is 8.07. The summed E-state index contributed by atoms with van der Waals surface area (Å²) in [5.41, 5.74) is 0.0926. The molecule has 0 fully saturated rings. The predicted molar refractivity (Wildman–Crippen MR) is 52.0 cm³/mol. The van der Waals surface area contributed by atoms with E-state index >= 15 is 0 Å². The molecule has 0 spiro atoms. The fraction of sp³-hybridized carbons (Fsp3) is 0.300. The number of rotatable bonds is 2. The van der Waals surface area contributed by atoms with E-state index in [1.165, 1.54) is 18.2 Å². The molecule has 3 nitrogen and oxygen atoms in total. The van der Waals surface area contributed by atoms with Crippen molar-refractivity contribution in [3.8, 4) is 0 Å². The number of halogens is 1. The van der Waals surface area contributed by atoms with Crippen molar-refractivity contribution in [3.05, 3.63) is 30.1 Å². The van der Waals surface area contributed by atoms with Crippen molar-refractivity contribution in [2.45, 2.75) is 19.9 Å². The van der Waals surface area contributed by atoms with E-state index in [0.717, 1.165) is 4.90 Å². The third kappa shape index (κ3) is 2.02. The third-order valence-corrected chi connectivity index (χ3v) is 1.83. The lowest BCUT2D eigenvalue weighted by Crippen LogP contribution is -2.36. The van der Waals surface area contributed by atoms with Crippen LogP contribution in [-0.4, -0.2) is 17.2 Å². The minimum atomic E-state index is -1.15. The van der Waals surface area contributed by atoms with E-state index in [0.29, 0.717) is 0 Å². The predicted octanol–water partition coefficient (Wildman–Crippen LogP) is 2.72. The molecule has 76 valence electrons. The molecule has 1 rings (SSSR count). The van der Waals surface area contributed by atoms with Crippen LogP contribution < -0.4 is 4.90 Å². The molecule has 1 aromatic carbocycles. The van der Waals surface area contributed by atoms with Crippen molar-refractivity contribution in [1.29, 1.82) is 0 Å². The fourth-order valence-corrected chi connectivity index (χ4v) is 1.25. The highest BCUT2D eigenvalue weighted by molar-refractivity contribution is 5.86. The number of nitrogens with zero attached hydrogens (tertiary/aromatic N) is 1. The number of carboxylic acid groups (broad SMARTS) is 1. The summed E-state index contributed by atoms with van der Waals surface area (Å²) in [4.78, 5) is 11.8. The zero-order valence-corrected chi connectivity index (χ0v) is 8.07. The summed E-state index contributed by atoms with van der Waals surface area (Å²) < 4.78 is 13.3. The van der Waals surface area contributed by atoms with Gasteiger partial charge >= 0.3 is 6.09 Å². The first-order valence-corrected chi connectivity index (χ1v) is 4.30. The maximum Gasteiger partial charge on any atom is 0.412 e. The maximum atomic E-state index is 13.3. The summed E-state index contributed by atoms with van der Waals surface area (Å²) in [7, 11) is 0. The van der Waals surface area contributed by atoms with Crippen LogP contribution >= 0.6 is 0 Å². The van der Waals surface area contributed by atoms with E-state index in [4.69, 9.17) is 5.11 Å². The normalized spacial score (nSPS) is 10.3. The fourth-order valence-electron chi connectivity index (χ4n) is 1.25. The van der Waals surface area contributed by atoms with Crippen LogP contribution in [0.1, 0.15) is 13.8 Å². The van der Waals surface area contributed by atoms with E-state index in [1.807, 2.05) is 0 Å². The van der Waals surface area contributed by atoms with Crippen LogP contribution in [0.2, 0.25) is 0 Å². The SMILES string of the molecule is CC(C)N(C(=O)O)c1ccccc1F. The summed E-state index contributed by atoms with van der Waals surface area (Å²) in [5.74, 6) is -0.524. The van der Waals surface area contributed by atoms with E-state index in [2.05, 4.69) is 0 Å². The molecular weight excluding hydrogens is 185 g/mol.